The molecule has 0 aromatic rings. The van der Waals surface area contributed by atoms with Crippen LogP contribution in [0.25, 0.3) is 0 Å². The van der Waals surface area contributed by atoms with E-state index in [1.54, 1.807) is 0 Å². The maximum absolute atomic E-state index is 12.0. The van der Waals surface area contributed by atoms with Crippen LogP contribution < -0.4 is 11.1 Å². The lowest BCUT2D eigenvalue weighted by Gasteiger charge is -2.37. The Morgan fingerprint density at radius 1 is 1.47 bits per heavy atom. The molecule has 2 unspecified atom stereocenters. The molecular formula is C12H22N2O3. The summed E-state index contributed by atoms with van der Waals surface area (Å²) < 4.78 is 4.71. The molecule has 1 amide bonds. The van der Waals surface area contributed by atoms with E-state index in [4.69, 9.17) is 10.5 Å². The van der Waals surface area contributed by atoms with Crippen LogP contribution >= 0.6 is 0 Å². The average molecular weight is 242 g/mol. The van der Waals surface area contributed by atoms with E-state index in [9.17, 15) is 9.59 Å². The highest BCUT2D eigenvalue weighted by molar-refractivity contribution is 5.91. The molecule has 1 saturated carbocycles. The Hall–Kier alpha value is -1.10. The number of esters is 1. The van der Waals surface area contributed by atoms with Crippen LogP contribution in [0, 0.1) is 5.92 Å². The molecule has 17 heavy (non-hydrogen) atoms. The third kappa shape index (κ3) is 2.97. The van der Waals surface area contributed by atoms with Crippen LogP contribution in [0.4, 0.5) is 0 Å². The number of hydrogen-bond acceptors (Lipinski definition) is 4. The molecule has 0 spiro atoms. The number of nitrogens with two attached hydrogens (primary N) is 1. The largest absolute Gasteiger partial charge is 0.467 e. The molecular weight excluding hydrogens is 220 g/mol. The van der Waals surface area contributed by atoms with Crippen molar-refractivity contribution in [2.24, 2.45) is 11.7 Å². The molecule has 1 aliphatic rings. The van der Waals surface area contributed by atoms with Crippen molar-refractivity contribution in [3.63, 3.8) is 0 Å². The molecule has 1 fully saturated rings. The maximum Gasteiger partial charge on any atom is 0.328 e. The summed E-state index contributed by atoms with van der Waals surface area (Å²) in [4.78, 5) is 23.6. The fourth-order valence-corrected chi connectivity index (χ4v) is 1.87. The molecule has 1 rings (SSSR count). The first kappa shape index (κ1) is 14.0. The summed E-state index contributed by atoms with van der Waals surface area (Å²) in [5.41, 5.74) is 5.14. The minimum absolute atomic E-state index is 0.0371. The van der Waals surface area contributed by atoms with Crippen LogP contribution in [0.15, 0.2) is 0 Å². The van der Waals surface area contributed by atoms with Crippen molar-refractivity contribution in [1.82, 2.24) is 5.32 Å². The second kappa shape index (κ2) is 5.49. The van der Waals surface area contributed by atoms with Gasteiger partial charge in [0.1, 0.15) is 6.04 Å². The maximum atomic E-state index is 12.0. The van der Waals surface area contributed by atoms with Crippen molar-refractivity contribution >= 4 is 11.9 Å². The average Bonchev–Trinajstić information content (AvgIpc) is 2.30. The van der Waals surface area contributed by atoms with Gasteiger partial charge in [-0.15, -0.1) is 0 Å². The van der Waals surface area contributed by atoms with Crippen molar-refractivity contribution in [2.45, 2.75) is 51.1 Å². The van der Waals surface area contributed by atoms with Gasteiger partial charge in [0.15, 0.2) is 0 Å². The molecule has 5 nitrogen and oxygen atoms in total. The fraction of sp³-hybridized carbons (Fsp3) is 0.833. The Bertz CT molecular complexity index is 300. The zero-order valence-corrected chi connectivity index (χ0v) is 10.8. The van der Waals surface area contributed by atoms with E-state index in [0.717, 1.165) is 12.8 Å². The van der Waals surface area contributed by atoms with Gasteiger partial charge in [0.05, 0.1) is 12.6 Å². The lowest BCUT2D eigenvalue weighted by Crippen LogP contribution is -2.62. The van der Waals surface area contributed by atoms with Gasteiger partial charge in [-0.2, -0.15) is 0 Å². The summed E-state index contributed by atoms with van der Waals surface area (Å²) >= 11 is 0. The van der Waals surface area contributed by atoms with Crippen LogP contribution in [-0.4, -0.2) is 30.6 Å². The Morgan fingerprint density at radius 2 is 2.06 bits per heavy atom. The third-order valence-electron chi connectivity index (χ3n) is 3.65. The van der Waals surface area contributed by atoms with E-state index in [1.165, 1.54) is 7.11 Å². The first-order valence-electron chi connectivity index (χ1n) is 6.12. The zero-order chi connectivity index (χ0) is 13.1. The van der Waals surface area contributed by atoms with Crippen molar-refractivity contribution < 1.29 is 14.3 Å². The molecule has 0 saturated heterocycles. The van der Waals surface area contributed by atoms with E-state index in [1.807, 2.05) is 13.8 Å². The predicted octanol–water partition coefficient (Wildman–Crippen LogP) is 0.572. The normalized spacial score (nSPS) is 20.9. The number of methoxy groups -OCH3 is 1. The number of nitrogens with one attached hydrogen (secondary N) is 1. The number of rotatable bonds is 5. The molecule has 0 radical (unpaired) electrons. The Balaban J connectivity index is 2.65. The summed E-state index contributed by atoms with van der Waals surface area (Å²) in [6.45, 7) is 3.88. The van der Waals surface area contributed by atoms with Gasteiger partial charge in [0.25, 0.3) is 0 Å². The summed E-state index contributed by atoms with van der Waals surface area (Å²) in [6.07, 6.45) is 3.13. The van der Waals surface area contributed by atoms with E-state index in [0.29, 0.717) is 12.8 Å². The molecule has 0 aromatic heterocycles. The molecule has 5 heteroatoms. The minimum Gasteiger partial charge on any atom is -0.467 e. The van der Waals surface area contributed by atoms with Crippen molar-refractivity contribution in [3.05, 3.63) is 0 Å². The SMILES string of the molecule is CCC(C)C(NC(=O)C1(N)CCC1)C(=O)OC. The smallest absolute Gasteiger partial charge is 0.328 e. The van der Waals surface area contributed by atoms with Crippen LogP contribution in [0.1, 0.15) is 39.5 Å². The van der Waals surface area contributed by atoms with Gasteiger partial charge in [-0.05, 0) is 25.2 Å². The van der Waals surface area contributed by atoms with Gasteiger partial charge in [-0.25, -0.2) is 4.79 Å². The van der Waals surface area contributed by atoms with Crippen LogP contribution in [0.2, 0.25) is 0 Å². The lowest BCUT2D eigenvalue weighted by atomic mass is 9.76. The topological polar surface area (TPSA) is 81.4 Å². The molecule has 0 bridgehead atoms. The van der Waals surface area contributed by atoms with Crippen molar-refractivity contribution in [2.75, 3.05) is 7.11 Å². The highest BCUT2D eigenvalue weighted by Crippen LogP contribution is 2.29. The summed E-state index contributed by atoms with van der Waals surface area (Å²) in [6, 6.07) is -0.599. The van der Waals surface area contributed by atoms with E-state index in [-0.39, 0.29) is 11.8 Å². The summed E-state index contributed by atoms with van der Waals surface area (Å²) in [7, 11) is 1.32. The van der Waals surface area contributed by atoms with Crippen LogP contribution in [0.3, 0.4) is 0 Å². The van der Waals surface area contributed by atoms with Crippen molar-refractivity contribution in [1.29, 1.82) is 0 Å². The summed E-state index contributed by atoms with van der Waals surface area (Å²) in [5, 5.41) is 2.72. The molecule has 3 N–H and O–H groups in total. The number of hydrogen-bond donors (Lipinski definition) is 2. The predicted molar refractivity (Wildman–Crippen MR) is 64.2 cm³/mol. The summed E-state index contributed by atoms with van der Waals surface area (Å²) in [5.74, 6) is -0.606. The highest BCUT2D eigenvalue weighted by Gasteiger charge is 2.42. The molecule has 1 aliphatic carbocycles. The Morgan fingerprint density at radius 3 is 2.41 bits per heavy atom. The van der Waals surface area contributed by atoms with Crippen molar-refractivity contribution in [3.8, 4) is 0 Å². The van der Waals surface area contributed by atoms with Gasteiger partial charge < -0.3 is 15.8 Å². The molecule has 0 aromatic carbocycles. The molecule has 0 aliphatic heterocycles. The number of carbonyl (C=O) groups excluding carboxylic acids is 2. The van der Waals surface area contributed by atoms with Gasteiger partial charge in [0.2, 0.25) is 5.91 Å². The second-order valence-corrected chi connectivity index (χ2v) is 4.87. The van der Waals surface area contributed by atoms with Gasteiger partial charge in [0, 0.05) is 0 Å². The molecule has 98 valence electrons. The number of carbonyl (C=O) groups is 2. The van der Waals surface area contributed by atoms with Crippen LogP contribution in [0.5, 0.6) is 0 Å². The number of ether oxygens (including phenoxy) is 1. The highest BCUT2D eigenvalue weighted by atomic mass is 16.5. The molecule has 0 heterocycles. The quantitative estimate of drug-likeness (QED) is 0.691. The van der Waals surface area contributed by atoms with E-state index < -0.39 is 17.6 Å². The second-order valence-electron chi connectivity index (χ2n) is 4.87. The Labute approximate surface area is 102 Å². The van der Waals surface area contributed by atoms with E-state index in [2.05, 4.69) is 5.32 Å². The number of amides is 1. The molecule has 2 atom stereocenters. The minimum atomic E-state index is -0.778. The monoisotopic (exact) mass is 242 g/mol. The zero-order valence-electron chi connectivity index (χ0n) is 10.8. The van der Waals surface area contributed by atoms with E-state index >= 15 is 0 Å². The standard InChI is InChI=1S/C12H22N2O3/c1-4-8(2)9(10(15)17-3)14-11(16)12(13)6-5-7-12/h8-9H,4-7,13H2,1-3H3,(H,14,16). The Kier molecular flexibility index (Phi) is 4.51. The fourth-order valence-electron chi connectivity index (χ4n) is 1.87. The first-order chi connectivity index (χ1) is 7.94. The van der Waals surface area contributed by atoms with Crippen LogP contribution in [-0.2, 0) is 14.3 Å². The first-order valence-corrected chi connectivity index (χ1v) is 6.12. The lowest BCUT2D eigenvalue weighted by molar-refractivity contribution is -0.147. The third-order valence-corrected chi connectivity index (χ3v) is 3.65. The van der Waals surface area contributed by atoms with Gasteiger partial charge >= 0.3 is 5.97 Å². The van der Waals surface area contributed by atoms with Gasteiger partial charge in [-0.3, -0.25) is 4.79 Å². The van der Waals surface area contributed by atoms with Gasteiger partial charge in [-0.1, -0.05) is 20.3 Å².